The zero-order valence-electron chi connectivity index (χ0n) is 12.3. The van der Waals surface area contributed by atoms with Crippen LogP contribution in [0, 0.1) is 10.1 Å². The van der Waals surface area contributed by atoms with Crippen molar-refractivity contribution in [3.05, 3.63) is 75.0 Å². The van der Waals surface area contributed by atoms with E-state index in [2.05, 4.69) is 9.98 Å². The lowest BCUT2D eigenvalue weighted by molar-refractivity contribution is -0.388. The third kappa shape index (κ3) is 2.60. The van der Waals surface area contributed by atoms with Crippen molar-refractivity contribution in [1.82, 2.24) is 4.98 Å². The lowest BCUT2D eigenvalue weighted by atomic mass is 9.92. The molecule has 1 unspecified atom stereocenters. The fraction of sp³-hybridized carbons (Fsp3) is 0.250. The van der Waals surface area contributed by atoms with Gasteiger partial charge < -0.3 is 9.84 Å². The van der Waals surface area contributed by atoms with E-state index < -0.39 is 10.5 Å². The van der Waals surface area contributed by atoms with Gasteiger partial charge in [-0.05, 0) is 24.3 Å². The minimum atomic E-state index is -1.32. The van der Waals surface area contributed by atoms with Crippen LogP contribution in [0.4, 0.5) is 0 Å². The molecule has 1 aromatic carbocycles. The van der Waals surface area contributed by atoms with Crippen molar-refractivity contribution in [2.24, 2.45) is 4.99 Å². The van der Waals surface area contributed by atoms with Crippen LogP contribution in [0.2, 0.25) is 0 Å². The van der Waals surface area contributed by atoms with E-state index in [1.165, 1.54) is 0 Å². The molecule has 2 aromatic rings. The van der Waals surface area contributed by atoms with Gasteiger partial charge in [-0.15, -0.1) is 0 Å². The second-order valence-corrected chi connectivity index (χ2v) is 5.09. The third-order valence-corrected chi connectivity index (χ3v) is 3.68. The molecule has 3 rings (SSSR count). The molecular weight excluding hydrogens is 298 g/mol. The summed E-state index contributed by atoms with van der Waals surface area (Å²) in [5.74, 6) is 0. The molecule has 0 spiro atoms. The van der Waals surface area contributed by atoms with Gasteiger partial charge in [-0.2, -0.15) is 0 Å². The van der Waals surface area contributed by atoms with Crippen LogP contribution < -0.4 is 10.6 Å². The van der Waals surface area contributed by atoms with Gasteiger partial charge in [0.25, 0.3) is 5.70 Å². The average Bonchev–Trinajstić information content (AvgIpc) is 2.91. The summed E-state index contributed by atoms with van der Waals surface area (Å²) in [4.78, 5) is 20.2. The molecule has 2 heterocycles. The summed E-state index contributed by atoms with van der Waals surface area (Å²) in [6, 6.07) is 12.1. The van der Waals surface area contributed by atoms with Crippen molar-refractivity contribution in [2.75, 3.05) is 19.8 Å². The van der Waals surface area contributed by atoms with Gasteiger partial charge in [0.05, 0.1) is 41.0 Å². The number of hydrogen-bond donors (Lipinski definition) is 1. The summed E-state index contributed by atoms with van der Waals surface area (Å²) in [5.41, 5.74) is -0.922. The van der Waals surface area contributed by atoms with Gasteiger partial charge in [0.2, 0.25) is 5.54 Å². The number of nitrogens with zero attached hydrogens (tertiary/aromatic N) is 3. The van der Waals surface area contributed by atoms with Crippen LogP contribution in [0.25, 0.3) is 5.70 Å². The number of pyridine rings is 1. The van der Waals surface area contributed by atoms with E-state index in [-0.39, 0.29) is 25.5 Å². The predicted octanol–water partition coefficient (Wildman–Crippen LogP) is 0.00410. The zero-order valence-corrected chi connectivity index (χ0v) is 12.3. The van der Waals surface area contributed by atoms with Crippen molar-refractivity contribution >= 4 is 5.70 Å². The van der Waals surface area contributed by atoms with Gasteiger partial charge in [0.1, 0.15) is 0 Å². The Morgan fingerprint density at radius 3 is 2.70 bits per heavy atom. The Kier molecular flexibility index (Phi) is 4.14. The Hall–Kier alpha value is -2.64. The summed E-state index contributed by atoms with van der Waals surface area (Å²) in [6.45, 7) is -0.153. The van der Waals surface area contributed by atoms with Crippen LogP contribution in [-0.4, -0.2) is 34.8 Å². The minimum Gasteiger partial charge on any atom is -0.394 e. The monoisotopic (exact) mass is 313 g/mol. The molecule has 1 aromatic heterocycles. The highest BCUT2D eigenvalue weighted by Gasteiger charge is 2.49. The molecule has 0 saturated heterocycles. The first-order chi connectivity index (χ1) is 11.2. The molecule has 0 aliphatic carbocycles. The van der Waals surface area contributed by atoms with Crippen LogP contribution in [0.3, 0.4) is 0 Å². The van der Waals surface area contributed by atoms with Crippen molar-refractivity contribution < 1.29 is 14.8 Å². The first-order valence-corrected chi connectivity index (χ1v) is 7.13. The molecule has 7 heteroatoms. The number of rotatable bonds is 6. The number of para-hydroxylation sites is 1. The lowest BCUT2D eigenvalue weighted by Gasteiger charge is -2.23. The van der Waals surface area contributed by atoms with E-state index in [0.29, 0.717) is 16.3 Å². The highest BCUT2D eigenvalue weighted by Crippen LogP contribution is 2.35. The number of hydrogen-bond acceptors (Lipinski definition) is 6. The molecule has 118 valence electrons. The average molecular weight is 313 g/mol. The summed E-state index contributed by atoms with van der Waals surface area (Å²) < 4.78 is 5.43. The van der Waals surface area contributed by atoms with Crippen molar-refractivity contribution in [2.45, 2.75) is 5.54 Å². The maximum Gasteiger partial charge on any atom is 0.291 e. The second kappa shape index (κ2) is 6.23. The Bertz CT molecular complexity index is 838. The summed E-state index contributed by atoms with van der Waals surface area (Å²) >= 11 is 0. The first kappa shape index (κ1) is 15.3. The van der Waals surface area contributed by atoms with E-state index in [0.717, 1.165) is 0 Å². The predicted molar refractivity (Wildman–Crippen MR) is 81.4 cm³/mol. The molecule has 1 atom stereocenters. The van der Waals surface area contributed by atoms with Crippen LogP contribution in [0.15, 0.2) is 53.7 Å². The van der Waals surface area contributed by atoms with Crippen LogP contribution >= 0.6 is 0 Å². The molecule has 7 nitrogen and oxygen atoms in total. The fourth-order valence-electron chi connectivity index (χ4n) is 2.75. The Labute approximate surface area is 131 Å². The molecule has 0 fully saturated rings. The standard InChI is InChI=1S/C16H15N3O4/c20-9-10-23-11-16(14-7-3-4-8-17-14)15(19(21)22)12-5-1-2-6-13(12)18-16/h1-8,20H,9-11H2. The van der Waals surface area contributed by atoms with Crippen molar-refractivity contribution in [3.63, 3.8) is 0 Å². The molecule has 23 heavy (non-hydrogen) atoms. The molecule has 1 aliphatic rings. The van der Waals surface area contributed by atoms with E-state index in [1.807, 2.05) is 0 Å². The number of nitro groups is 1. The van der Waals surface area contributed by atoms with Crippen LogP contribution in [0.1, 0.15) is 5.69 Å². The minimum absolute atomic E-state index is 0.0512. The van der Waals surface area contributed by atoms with Gasteiger partial charge in [-0.3, -0.25) is 20.1 Å². The molecule has 1 aliphatic heterocycles. The Morgan fingerprint density at radius 1 is 1.22 bits per heavy atom. The number of fused-ring (bicyclic) bond motifs is 1. The highest BCUT2D eigenvalue weighted by atomic mass is 16.6. The van der Waals surface area contributed by atoms with Gasteiger partial charge in [-0.1, -0.05) is 18.2 Å². The summed E-state index contributed by atoms with van der Waals surface area (Å²) in [6.07, 6.45) is 1.57. The maximum absolute atomic E-state index is 11.8. The number of ether oxygens (including phenoxy) is 1. The first-order valence-electron chi connectivity index (χ1n) is 7.13. The number of aliphatic hydroxyl groups is 1. The number of aliphatic hydroxyl groups excluding tert-OH is 1. The Morgan fingerprint density at radius 2 is 2.00 bits per heavy atom. The van der Waals surface area contributed by atoms with Gasteiger partial charge >= 0.3 is 0 Å². The molecule has 0 bridgehead atoms. The molecule has 1 N–H and O–H groups in total. The quantitative estimate of drug-likeness (QED) is 0.460. The van der Waals surface area contributed by atoms with E-state index >= 15 is 0 Å². The molecule has 0 saturated carbocycles. The summed E-state index contributed by atoms with van der Waals surface area (Å²) in [5, 5.41) is 21.7. The molecule has 0 radical (unpaired) electrons. The fourth-order valence-corrected chi connectivity index (χ4v) is 2.75. The second-order valence-electron chi connectivity index (χ2n) is 5.09. The van der Waals surface area contributed by atoms with Gasteiger partial charge in [-0.25, -0.2) is 0 Å². The van der Waals surface area contributed by atoms with Crippen molar-refractivity contribution in [3.8, 4) is 0 Å². The highest BCUT2D eigenvalue weighted by molar-refractivity contribution is 5.55. The van der Waals surface area contributed by atoms with Crippen molar-refractivity contribution in [1.29, 1.82) is 0 Å². The number of benzene rings is 1. The SMILES string of the molecule is O=[N+]([O-])C1=c2ccccc2=NC1(COCCO)c1ccccn1. The zero-order chi connectivity index (χ0) is 16.3. The van der Waals surface area contributed by atoms with Crippen LogP contribution in [0.5, 0.6) is 0 Å². The smallest absolute Gasteiger partial charge is 0.291 e. The normalized spacial score (nSPS) is 19.3. The van der Waals surface area contributed by atoms with Gasteiger partial charge in [0, 0.05) is 6.20 Å². The van der Waals surface area contributed by atoms with Crippen LogP contribution in [-0.2, 0) is 10.3 Å². The molecule has 0 amide bonds. The molecular formula is C16H15N3O4. The van der Waals surface area contributed by atoms with E-state index in [9.17, 15) is 10.1 Å². The Balaban J connectivity index is 2.24. The summed E-state index contributed by atoms with van der Waals surface area (Å²) in [7, 11) is 0. The number of aromatic nitrogens is 1. The van der Waals surface area contributed by atoms with Gasteiger partial charge in [0.15, 0.2) is 0 Å². The lowest BCUT2D eigenvalue weighted by Crippen LogP contribution is -2.36. The topological polar surface area (TPSA) is 97.9 Å². The third-order valence-electron chi connectivity index (χ3n) is 3.68. The van der Waals surface area contributed by atoms with E-state index in [1.54, 1.807) is 48.7 Å². The largest absolute Gasteiger partial charge is 0.394 e. The maximum atomic E-state index is 11.8. The van der Waals surface area contributed by atoms with E-state index in [4.69, 9.17) is 9.84 Å².